The van der Waals surface area contributed by atoms with Gasteiger partial charge in [-0.05, 0) is 35.2 Å². The molecule has 1 fully saturated rings. The lowest BCUT2D eigenvalue weighted by atomic mass is 9.93. The van der Waals surface area contributed by atoms with Gasteiger partial charge in [0, 0.05) is 48.5 Å². The Balaban J connectivity index is 1.45. The van der Waals surface area contributed by atoms with E-state index in [1.165, 1.54) is 28.9 Å². The molecule has 0 spiro atoms. The van der Waals surface area contributed by atoms with E-state index < -0.39 is 35.2 Å². The Hall–Kier alpha value is -4.64. The summed E-state index contributed by atoms with van der Waals surface area (Å²) in [4.78, 5) is 44.5. The molecule has 1 saturated heterocycles. The van der Waals surface area contributed by atoms with Crippen molar-refractivity contribution in [2.75, 3.05) is 25.1 Å². The van der Waals surface area contributed by atoms with Gasteiger partial charge in [-0.25, -0.2) is 8.78 Å². The van der Waals surface area contributed by atoms with Crippen LogP contribution in [0.5, 0.6) is 5.75 Å². The minimum atomic E-state index is -0.940. The third kappa shape index (κ3) is 5.04. The fraction of sp³-hybridized carbons (Fsp3) is 0.265. The molecule has 2 unspecified atom stereocenters. The number of amides is 2. The van der Waals surface area contributed by atoms with Gasteiger partial charge < -0.3 is 14.5 Å². The van der Waals surface area contributed by atoms with Crippen molar-refractivity contribution in [3.8, 4) is 5.75 Å². The van der Waals surface area contributed by atoms with Crippen LogP contribution in [0, 0.1) is 11.6 Å². The molecule has 45 heavy (non-hydrogen) atoms. The first-order valence-corrected chi connectivity index (χ1v) is 15.8. The smallest absolute Gasteiger partial charge is 0.277 e. The second kappa shape index (κ2) is 11.7. The number of pyridine rings is 1. The second-order valence-electron chi connectivity index (χ2n) is 11.4. The summed E-state index contributed by atoms with van der Waals surface area (Å²) in [6, 6.07) is 20.3. The van der Waals surface area contributed by atoms with Crippen molar-refractivity contribution < 1.29 is 23.1 Å². The number of fused-ring (bicyclic) bond motifs is 3. The number of aromatic nitrogens is 1. The highest BCUT2D eigenvalue weighted by Gasteiger charge is 2.45. The van der Waals surface area contributed by atoms with Crippen LogP contribution in [0.1, 0.15) is 51.6 Å². The minimum absolute atomic E-state index is 0.0151. The van der Waals surface area contributed by atoms with E-state index in [4.69, 9.17) is 4.74 Å². The first kappa shape index (κ1) is 29.1. The van der Waals surface area contributed by atoms with Gasteiger partial charge in [0.15, 0.2) is 23.1 Å². The molecule has 7 rings (SSSR count). The van der Waals surface area contributed by atoms with Crippen LogP contribution < -0.4 is 15.2 Å². The fourth-order valence-electron chi connectivity index (χ4n) is 6.44. The van der Waals surface area contributed by atoms with Crippen LogP contribution in [0.25, 0.3) is 0 Å². The molecule has 0 bridgehead atoms. The number of likely N-dealkylation sites (N-methyl/N-ethyl adjacent to an activating group) is 1. The zero-order chi connectivity index (χ0) is 31.2. The highest BCUT2D eigenvalue weighted by Crippen LogP contribution is 2.45. The normalized spacial score (nSPS) is 19.2. The molecule has 8 nitrogen and oxygen atoms in total. The third-order valence-corrected chi connectivity index (χ3v) is 9.83. The number of benzene rings is 3. The number of thioether (sulfide) groups is 1. The fourth-order valence-corrected chi connectivity index (χ4v) is 7.55. The summed E-state index contributed by atoms with van der Waals surface area (Å²) in [5, 5.41) is 1.90. The van der Waals surface area contributed by atoms with Gasteiger partial charge in [-0.15, -0.1) is 11.8 Å². The maximum Gasteiger partial charge on any atom is 0.277 e. The summed E-state index contributed by atoms with van der Waals surface area (Å²) in [5.74, 6) is -2.24. The van der Waals surface area contributed by atoms with Crippen LogP contribution in [-0.2, 0) is 17.2 Å². The van der Waals surface area contributed by atoms with Crippen LogP contribution in [0.2, 0.25) is 0 Å². The number of rotatable bonds is 6. The third-order valence-electron chi connectivity index (χ3n) is 8.72. The van der Waals surface area contributed by atoms with E-state index in [1.807, 2.05) is 59.6 Å². The maximum atomic E-state index is 15.5. The van der Waals surface area contributed by atoms with E-state index >= 15 is 4.39 Å². The number of hydrogen-bond acceptors (Lipinski definition) is 6. The Labute approximate surface area is 262 Å². The number of likely N-dealkylation sites (tertiary alicyclic amines) is 1. The molecule has 0 saturated carbocycles. The molecule has 2 atom stereocenters. The molecule has 2 amide bonds. The van der Waals surface area contributed by atoms with Crippen molar-refractivity contribution in [1.29, 1.82) is 0 Å². The lowest BCUT2D eigenvalue weighted by Gasteiger charge is -2.50. The van der Waals surface area contributed by atoms with Gasteiger partial charge in [0.2, 0.25) is 11.3 Å². The molecule has 3 aliphatic heterocycles. The van der Waals surface area contributed by atoms with Crippen LogP contribution >= 0.6 is 11.8 Å². The van der Waals surface area contributed by atoms with E-state index in [-0.39, 0.29) is 41.8 Å². The highest BCUT2D eigenvalue weighted by atomic mass is 32.2. The van der Waals surface area contributed by atoms with Crippen LogP contribution in [0.3, 0.4) is 0 Å². The Kier molecular flexibility index (Phi) is 7.56. The topological polar surface area (TPSA) is 75.1 Å². The predicted molar refractivity (Wildman–Crippen MR) is 166 cm³/mol. The molecule has 0 N–H and O–H groups in total. The van der Waals surface area contributed by atoms with E-state index in [0.717, 1.165) is 22.1 Å². The summed E-state index contributed by atoms with van der Waals surface area (Å²) >= 11 is 1.41. The van der Waals surface area contributed by atoms with E-state index in [9.17, 15) is 18.8 Å². The first-order valence-electron chi connectivity index (χ1n) is 14.8. The van der Waals surface area contributed by atoms with Crippen molar-refractivity contribution in [2.45, 2.75) is 42.3 Å². The average molecular weight is 629 g/mol. The quantitative estimate of drug-likeness (QED) is 0.297. The molecular formula is C34H30F2N4O4S. The largest absolute Gasteiger partial charge is 0.482 e. The summed E-state index contributed by atoms with van der Waals surface area (Å²) in [7, 11) is 1.63. The van der Waals surface area contributed by atoms with Crippen LogP contribution in [0.4, 0.5) is 8.78 Å². The molecule has 0 radical (unpaired) electrons. The van der Waals surface area contributed by atoms with Gasteiger partial charge in [0.25, 0.3) is 5.91 Å². The summed E-state index contributed by atoms with van der Waals surface area (Å²) in [6.07, 6.45) is 1.93. The maximum absolute atomic E-state index is 15.5. The van der Waals surface area contributed by atoms with Crippen molar-refractivity contribution in [3.63, 3.8) is 0 Å². The zero-order valence-corrected chi connectivity index (χ0v) is 25.3. The Morgan fingerprint density at radius 2 is 1.71 bits per heavy atom. The lowest BCUT2D eigenvalue weighted by Crippen LogP contribution is -2.64. The number of nitrogens with zero attached hydrogens (tertiary/aromatic N) is 4. The molecule has 1 aromatic heterocycles. The van der Waals surface area contributed by atoms with Crippen molar-refractivity contribution in [1.82, 2.24) is 14.5 Å². The Morgan fingerprint density at radius 3 is 2.49 bits per heavy atom. The van der Waals surface area contributed by atoms with Gasteiger partial charge in [-0.3, -0.25) is 24.1 Å². The van der Waals surface area contributed by atoms with Crippen LogP contribution in [-0.4, -0.2) is 52.6 Å². The molecule has 11 heteroatoms. The van der Waals surface area contributed by atoms with Crippen molar-refractivity contribution >= 4 is 23.6 Å². The summed E-state index contributed by atoms with van der Waals surface area (Å²) in [6.45, 7) is 0.783. The van der Waals surface area contributed by atoms with E-state index in [1.54, 1.807) is 22.7 Å². The van der Waals surface area contributed by atoms with Gasteiger partial charge >= 0.3 is 0 Å². The van der Waals surface area contributed by atoms with Crippen molar-refractivity contribution in [2.24, 2.45) is 0 Å². The Morgan fingerprint density at radius 1 is 0.933 bits per heavy atom. The van der Waals surface area contributed by atoms with Crippen LogP contribution in [0.15, 0.2) is 88.7 Å². The number of ether oxygens (including phenoxy) is 1. The van der Waals surface area contributed by atoms with Crippen molar-refractivity contribution in [3.05, 3.63) is 129 Å². The second-order valence-corrected chi connectivity index (χ2v) is 12.4. The van der Waals surface area contributed by atoms with Gasteiger partial charge in [-0.2, -0.15) is 0 Å². The highest BCUT2D eigenvalue weighted by molar-refractivity contribution is 7.98. The predicted octanol–water partition coefficient (Wildman–Crippen LogP) is 5.07. The molecule has 4 heterocycles. The first-order chi connectivity index (χ1) is 21.8. The number of halogens is 2. The number of hydrogen-bond donors (Lipinski definition) is 0. The molecule has 4 aromatic rings. The standard InChI is InChI=1S/C34H30F2N4O4S/c1-37-28(18-38-16-7-12-29(38)42)40(31-22-13-14-25(35)30(36)24(22)20-45-27-11-6-5-10-23(27)31)39-17-15-26(41)33(32(39)34(37)43)44-19-21-8-3-2-4-9-21/h2-6,8-11,13-15,17,28,31H,7,12,16,18-20H2,1H3. The SMILES string of the molecule is CN1C(=O)c2c(OCc3ccccc3)c(=O)ccn2N(C2c3ccccc3SCc3c2ccc(F)c3F)C1CN1CCCC1=O. The molecule has 0 aliphatic carbocycles. The molecule has 3 aromatic carbocycles. The van der Waals surface area contributed by atoms with E-state index in [0.29, 0.717) is 24.9 Å². The summed E-state index contributed by atoms with van der Waals surface area (Å²) < 4.78 is 37.9. The zero-order valence-electron chi connectivity index (χ0n) is 24.5. The van der Waals surface area contributed by atoms with E-state index in [2.05, 4.69) is 0 Å². The van der Waals surface area contributed by atoms with Gasteiger partial charge in [-0.1, -0.05) is 54.6 Å². The van der Waals surface area contributed by atoms with Gasteiger partial charge in [0.05, 0.1) is 12.6 Å². The molecule has 3 aliphatic rings. The lowest BCUT2D eigenvalue weighted by molar-refractivity contribution is -0.128. The number of carbonyl (C=O) groups is 2. The van der Waals surface area contributed by atoms with Gasteiger partial charge in [0.1, 0.15) is 12.8 Å². The monoisotopic (exact) mass is 628 g/mol. The average Bonchev–Trinajstić information content (AvgIpc) is 3.38. The minimum Gasteiger partial charge on any atom is -0.482 e. The Bertz CT molecular complexity index is 1870. The molecule has 230 valence electrons. The number of carbonyl (C=O) groups excluding carboxylic acids is 2. The molecular weight excluding hydrogens is 598 g/mol. The summed E-state index contributed by atoms with van der Waals surface area (Å²) in [5.41, 5.74) is 1.95.